The van der Waals surface area contributed by atoms with Crippen molar-refractivity contribution in [2.24, 2.45) is 0 Å². The Kier molecular flexibility index (Phi) is 4.05. The second-order valence-corrected chi connectivity index (χ2v) is 6.33. The molecule has 0 radical (unpaired) electrons. The fourth-order valence-corrected chi connectivity index (χ4v) is 2.95. The van der Waals surface area contributed by atoms with Crippen LogP contribution in [0.4, 0.5) is 24.7 Å². The minimum Gasteiger partial charge on any atom is -0.433 e. The van der Waals surface area contributed by atoms with Crippen molar-refractivity contribution in [3.8, 4) is 11.4 Å². The van der Waals surface area contributed by atoms with E-state index in [1.165, 1.54) is 12.1 Å². The summed E-state index contributed by atoms with van der Waals surface area (Å²) >= 11 is 0. The molecule has 7 nitrogen and oxygen atoms in total. The molecule has 10 heteroatoms. The van der Waals surface area contributed by atoms with E-state index in [1.807, 2.05) is 0 Å². The summed E-state index contributed by atoms with van der Waals surface area (Å²) in [5.41, 5.74) is 1.83. The van der Waals surface area contributed by atoms with E-state index in [9.17, 15) is 13.2 Å². The van der Waals surface area contributed by atoms with Crippen LogP contribution in [0.3, 0.4) is 0 Å². The molecule has 0 spiro atoms. The first kappa shape index (κ1) is 18.0. The third kappa shape index (κ3) is 3.28. The van der Waals surface area contributed by atoms with Crippen molar-refractivity contribution < 1.29 is 17.6 Å². The molecule has 5 aromatic rings. The number of halogens is 3. The third-order valence-electron chi connectivity index (χ3n) is 4.30. The van der Waals surface area contributed by atoms with Gasteiger partial charge in [-0.3, -0.25) is 4.98 Å². The zero-order chi connectivity index (χ0) is 20.7. The summed E-state index contributed by atoms with van der Waals surface area (Å²) < 4.78 is 43.4. The van der Waals surface area contributed by atoms with Crippen LogP contribution < -0.4 is 5.32 Å². The van der Waals surface area contributed by atoms with E-state index in [2.05, 4.69) is 30.2 Å². The second-order valence-electron chi connectivity index (χ2n) is 6.33. The molecule has 0 aliphatic heterocycles. The maximum atomic E-state index is 12.9. The molecule has 0 saturated heterocycles. The topological polar surface area (TPSA) is 89.6 Å². The molecule has 0 bridgehead atoms. The molecule has 0 aliphatic rings. The molecule has 4 aromatic heterocycles. The Labute approximate surface area is 166 Å². The van der Waals surface area contributed by atoms with Crippen LogP contribution in [-0.2, 0) is 6.18 Å². The number of pyridine rings is 2. The zero-order valence-electron chi connectivity index (χ0n) is 15.1. The van der Waals surface area contributed by atoms with Gasteiger partial charge < -0.3 is 9.73 Å². The van der Waals surface area contributed by atoms with Gasteiger partial charge in [-0.2, -0.15) is 13.2 Å². The lowest BCUT2D eigenvalue weighted by Gasteiger charge is -2.10. The molecule has 4 heterocycles. The van der Waals surface area contributed by atoms with E-state index in [0.29, 0.717) is 28.4 Å². The van der Waals surface area contributed by atoms with Crippen LogP contribution in [0.2, 0.25) is 0 Å². The lowest BCUT2D eigenvalue weighted by Crippen LogP contribution is -2.04. The van der Waals surface area contributed by atoms with Gasteiger partial charge in [-0.05, 0) is 36.4 Å². The fraction of sp³-hybridized carbons (Fsp3) is 0.0500. The van der Waals surface area contributed by atoms with E-state index in [4.69, 9.17) is 4.42 Å². The van der Waals surface area contributed by atoms with Crippen LogP contribution in [-0.4, -0.2) is 24.9 Å². The van der Waals surface area contributed by atoms with Crippen molar-refractivity contribution in [1.29, 1.82) is 0 Å². The molecule has 0 saturated carbocycles. The van der Waals surface area contributed by atoms with Gasteiger partial charge in [0.25, 0.3) is 0 Å². The molecule has 0 unspecified atom stereocenters. The predicted octanol–water partition coefficient (Wildman–Crippen LogP) is 4.99. The van der Waals surface area contributed by atoms with Crippen molar-refractivity contribution in [2.75, 3.05) is 5.32 Å². The minimum atomic E-state index is -4.65. The number of benzene rings is 1. The first-order chi connectivity index (χ1) is 14.5. The molecule has 1 aromatic carbocycles. The summed E-state index contributed by atoms with van der Waals surface area (Å²) in [5, 5.41) is 3.78. The van der Waals surface area contributed by atoms with Gasteiger partial charge >= 0.3 is 12.1 Å². The lowest BCUT2D eigenvalue weighted by molar-refractivity contribution is -0.156. The smallest absolute Gasteiger partial charge is 0.433 e. The number of alkyl halides is 3. The van der Waals surface area contributed by atoms with Gasteiger partial charge in [0.2, 0.25) is 0 Å². The Hall–Kier alpha value is -4.08. The van der Waals surface area contributed by atoms with Gasteiger partial charge in [-0.25, -0.2) is 19.9 Å². The fourth-order valence-electron chi connectivity index (χ4n) is 2.95. The van der Waals surface area contributed by atoms with E-state index in [0.717, 1.165) is 5.56 Å². The van der Waals surface area contributed by atoms with Crippen molar-refractivity contribution >= 4 is 33.6 Å². The summed E-state index contributed by atoms with van der Waals surface area (Å²) in [5.74, 6) is -0.396. The van der Waals surface area contributed by atoms with Crippen LogP contribution in [0.1, 0.15) is 5.89 Å². The van der Waals surface area contributed by atoms with Crippen molar-refractivity contribution in [1.82, 2.24) is 24.9 Å². The summed E-state index contributed by atoms with van der Waals surface area (Å²) in [7, 11) is 0. The number of anilines is 2. The molecule has 0 atom stereocenters. The first-order valence-electron chi connectivity index (χ1n) is 8.75. The summed E-state index contributed by atoms with van der Waals surface area (Å²) in [6.07, 6.45) is 0.226. The predicted molar refractivity (Wildman–Crippen MR) is 103 cm³/mol. The Bertz CT molecular complexity index is 1370. The molecule has 0 aliphatic carbocycles. The lowest BCUT2D eigenvalue weighted by atomic mass is 10.2. The highest BCUT2D eigenvalue weighted by Crippen LogP contribution is 2.33. The SMILES string of the molecule is FC(F)(F)c1nc2ccc(Nc3nc(-c4ccncc4)nc4ncccc34)cc2o1. The number of rotatable bonds is 3. The number of fused-ring (bicyclic) bond motifs is 2. The molecule has 1 N–H and O–H groups in total. The van der Waals surface area contributed by atoms with E-state index < -0.39 is 12.1 Å². The zero-order valence-corrected chi connectivity index (χ0v) is 15.1. The van der Waals surface area contributed by atoms with Crippen LogP contribution in [0, 0.1) is 0 Å². The Morgan fingerprint density at radius 3 is 2.53 bits per heavy atom. The average molecular weight is 408 g/mol. The van der Waals surface area contributed by atoms with Gasteiger partial charge in [0.1, 0.15) is 11.3 Å². The number of hydrogen-bond donors (Lipinski definition) is 1. The standard InChI is InChI=1S/C20H11F3N6O/c21-20(22,23)19-27-14-4-3-12(10-15(14)30-19)26-18-13-2-1-7-25-17(13)28-16(29-18)11-5-8-24-9-6-11/h1-10H,(H,25,26,28,29). The van der Waals surface area contributed by atoms with Crippen molar-refractivity contribution in [2.45, 2.75) is 6.18 Å². The maximum Gasteiger partial charge on any atom is 0.468 e. The minimum absolute atomic E-state index is 0.0122. The summed E-state index contributed by atoms with van der Waals surface area (Å²) in [6, 6.07) is 11.6. The van der Waals surface area contributed by atoms with E-state index in [-0.39, 0.29) is 11.1 Å². The number of aromatic nitrogens is 5. The summed E-state index contributed by atoms with van der Waals surface area (Å²) in [4.78, 5) is 20.8. The van der Waals surface area contributed by atoms with E-state index >= 15 is 0 Å². The second kappa shape index (κ2) is 6.76. The summed E-state index contributed by atoms with van der Waals surface area (Å²) in [6.45, 7) is 0. The van der Waals surface area contributed by atoms with Gasteiger partial charge in [0.05, 0.1) is 5.39 Å². The molecule has 30 heavy (non-hydrogen) atoms. The van der Waals surface area contributed by atoms with Crippen LogP contribution in [0.15, 0.2) is 65.5 Å². The molecule has 5 rings (SSSR count). The molecule has 0 amide bonds. The average Bonchev–Trinajstić information content (AvgIpc) is 3.18. The number of nitrogens with zero attached hydrogens (tertiary/aromatic N) is 5. The third-order valence-corrected chi connectivity index (χ3v) is 4.30. The number of nitrogens with one attached hydrogen (secondary N) is 1. The normalized spacial score (nSPS) is 11.8. The van der Waals surface area contributed by atoms with Gasteiger partial charge in [0.15, 0.2) is 17.1 Å². The first-order valence-corrected chi connectivity index (χ1v) is 8.75. The van der Waals surface area contributed by atoms with Crippen LogP contribution in [0.5, 0.6) is 0 Å². The largest absolute Gasteiger partial charge is 0.468 e. The van der Waals surface area contributed by atoms with Crippen molar-refractivity contribution in [3.05, 3.63) is 66.9 Å². The van der Waals surface area contributed by atoms with Gasteiger partial charge in [0, 0.05) is 35.9 Å². The quantitative estimate of drug-likeness (QED) is 0.450. The molecular formula is C20H11F3N6O. The van der Waals surface area contributed by atoms with E-state index in [1.54, 1.807) is 48.9 Å². The van der Waals surface area contributed by atoms with Crippen LogP contribution >= 0.6 is 0 Å². The van der Waals surface area contributed by atoms with Gasteiger partial charge in [-0.1, -0.05) is 0 Å². The number of hydrogen-bond acceptors (Lipinski definition) is 7. The van der Waals surface area contributed by atoms with Gasteiger partial charge in [-0.15, -0.1) is 0 Å². The Morgan fingerprint density at radius 2 is 1.73 bits per heavy atom. The Balaban J connectivity index is 1.59. The molecule has 148 valence electrons. The molecule has 0 fully saturated rings. The number of oxazole rings is 1. The highest BCUT2D eigenvalue weighted by Gasteiger charge is 2.37. The van der Waals surface area contributed by atoms with Crippen LogP contribution in [0.25, 0.3) is 33.5 Å². The molecular weight excluding hydrogens is 397 g/mol. The maximum absolute atomic E-state index is 12.9. The van der Waals surface area contributed by atoms with Crippen molar-refractivity contribution in [3.63, 3.8) is 0 Å². The Morgan fingerprint density at radius 1 is 0.900 bits per heavy atom. The monoisotopic (exact) mass is 408 g/mol. The highest BCUT2D eigenvalue weighted by atomic mass is 19.4. The highest BCUT2D eigenvalue weighted by molar-refractivity contribution is 5.90.